The van der Waals surface area contributed by atoms with Crippen molar-refractivity contribution in [1.29, 1.82) is 0 Å². The maximum atomic E-state index is 10.7. The van der Waals surface area contributed by atoms with Crippen molar-refractivity contribution < 1.29 is 9.53 Å². The average molecular weight is 227 g/mol. The van der Waals surface area contributed by atoms with Crippen LogP contribution in [0.3, 0.4) is 0 Å². The lowest BCUT2D eigenvalue weighted by Gasteiger charge is -2.09. The zero-order valence-corrected chi connectivity index (χ0v) is 9.75. The van der Waals surface area contributed by atoms with Gasteiger partial charge in [-0.1, -0.05) is 25.4 Å². The Morgan fingerprint density at radius 3 is 2.80 bits per heavy atom. The van der Waals surface area contributed by atoms with Gasteiger partial charge in [-0.25, -0.2) is 0 Å². The third-order valence-electron chi connectivity index (χ3n) is 2.06. The number of hydrogen-bond acceptors (Lipinski definition) is 2. The summed E-state index contributed by atoms with van der Waals surface area (Å²) in [6, 6.07) is 5.02. The van der Waals surface area contributed by atoms with Gasteiger partial charge in [0.05, 0.1) is 12.2 Å². The second-order valence-corrected chi connectivity index (χ2v) is 4.27. The molecule has 0 N–H and O–H groups in total. The smallest absolute Gasteiger partial charge is 0.153 e. The van der Waals surface area contributed by atoms with E-state index in [2.05, 4.69) is 13.8 Å². The van der Waals surface area contributed by atoms with Crippen LogP contribution in [0.5, 0.6) is 5.75 Å². The van der Waals surface area contributed by atoms with Crippen LogP contribution in [0.1, 0.15) is 30.6 Å². The number of halogens is 1. The zero-order valence-electron chi connectivity index (χ0n) is 9.00. The van der Waals surface area contributed by atoms with Crippen molar-refractivity contribution in [2.75, 3.05) is 6.61 Å². The Morgan fingerprint density at radius 1 is 1.47 bits per heavy atom. The number of carbonyl (C=O) groups is 1. The monoisotopic (exact) mass is 226 g/mol. The van der Waals surface area contributed by atoms with Crippen molar-refractivity contribution in [3.63, 3.8) is 0 Å². The molecule has 0 saturated carbocycles. The predicted molar refractivity (Wildman–Crippen MR) is 61.8 cm³/mol. The fourth-order valence-corrected chi connectivity index (χ4v) is 1.30. The predicted octanol–water partition coefficient (Wildman–Crippen LogP) is 3.58. The van der Waals surface area contributed by atoms with E-state index < -0.39 is 0 Å². The van der Waals surface area contributed by atoms with Crippen molar-refractivity contribution in [1.82, 2.24) is 0 Å². The van der Waals surface area contributed by atoms with Crippen LogP contribution in [0.15, 0.2) is 18.2 Å². The molecule has 2 nitrogen and oxygen atoms in total. The summed E-state index contributed by atoms with van der Waals surface area (Å²) in [6.07, 6.45) is 1.74. The third-order valence-corrected chi connectivity index (χ3v) is 2.29. The fourth-order valence-electron chi connectivity index (χ4n) is 1.14. The Kier molecular flexibility index (Phi) is 4.63. The Morgan fingerprint density at radius 2 is 2.20 bits per heavy atom. The molecule has 15 heavy (non-hydrogen) atoms. The van der Waals surface area contributed by atoms with Crippen molar-refractivity contribution in [2.45, 2.75) is 20.3 Å². The minimum atomic E-state index is 0.545. The number of aldehydes is 1. The first-order valence-electron chi connectivity index (χ1n) is 5.01. The molecule has 3 heteroatoms. The number of hydrogen-bond donors (Lipinski definition) is 0. The van der Waals surface area contributed by atoms with E-state index in [-0.39, 0.29) is 0 Å². The molecule has 0 aromatic heterocycles. The normalized spacial score (nSPS) is 10.4. The lowest BCUT2D eigenvalue weighted by molar-refractivity contribution is 0.111. The summed E-state index contributed by atoms with van der Waals surface area (Å²) in [4.78, 5) is 10.7. The molecule has 1 rings (SSSR count). The van der Waals surface area contributed by atoms with Crippen LogP contribution in [0.2, 0.25) is 5.02 Å². The van der Waals surface area contributed by atoms with Gasteiger partial charge >= 0.3 is 0 Å². The van der Waals surface area contributed by atoms with E-state index >= 15 is 0 Å². The lowest BCUT2D eigenvalue weighted by Crippen LogP contribution is -2.03. The molecule has 0 spiro atoms. The summed E-state index contributed by atoms with van der Waals surface area (Å²) in [5.74, 6) is 1.15. The van der Waals surface area contributed by atoms with Crippen molar-refractivity contribution >= 4 is 17.9 Å². The molecule has 0 unspecified atom stereocenters. The van der Waals surface area contributed by atoms with Crippen LogP contribution >= 0.6 is 11.6 Å². The van der Waals surface area contributed by atoms with Crippen LogP contribution in [0, 0.1) is 5.92 Å². The molecule has 0 radical (unpaired) electrons. The SMILES string of the molecule is CC(C)CCOc1cc(Cl)ccc1C=O. The van der Waals surface area contributed by atoms with Crippen molar-refractivity contribution in [3.8, 4) is 5.75 Å². The zero-order chi connectivity index (χ0) is 11.3. The summed E-state index contributed by atoms with van der Waals surface area (Å²) in [5, 5.41) is 0.583. The van der Waals surface area contributed by atoms with Gasteiger partial charge in [0.15, 0.2) is 6.29 Å². The van der Waals surface area contributed by atoms with E-state index in [1.54, 1.807) is 18.2 Å². The van der Waals surface area contributed by atoms with Gasteiger partial charge in [0.25, 0.3) is 0 Å². The average Bonchev–Trinajstić information content (AvgIpc) is 2.17. The summed E-state index contributed by atoms with van der Waals surface area (Å²) in [6.45, 7) is 4.86. The first kappa shape index (κ1) is 12.1. The van der Waals surface area contributed by atoms with Crippen LogP contribution in [-0.4, -0.2) is 12.9 Å². The van der Waals surface area contributed by atoms with Crippen LogP contribution < -0.4 is 4.74 Å². The molecular weight excluding hydrogens is 212 g/mol. The Labute approximate surface area is 95.2 Å². The summed E-state index contributed by atoms with van der Waals surface area (Å²) in [5.41, 5.74) is 0.545. The molecule has 82 valence electrons. The Hall–Kier alpha value is -1.02. The number of carbonyl (C=O) groups excluding carboxylic acids is 1. The van der Waals surface area contributed by atoms with Crippen molar-refractivity contribution in [3.05, 3.63) is 28.8 Å². The highest BCUT2D eigenvalue weighted by atomic mass is 35.5. The van der Waals surface area contributed by atoms with Crippen LogP contribution in [-0.2, 0) is 0 Å². The van der Waals surface area contributed by atoms with Gasteiger partial charge in [-0.15, -0.1) is 0 Å². The molecule has 0 aliphatic heterocycles. The van der Waals surface area contributed by atoms with E-state index in [0.29, 0.717) is 28.9 Å². The molecule has 0 fully saturated rings. The lowest BCUT2D eigenvalue weighted by atomic mass is 10.1. The van der Waals surface area contributed by atoms with Gasteiger partial charge in [-0.3, -0.25) is 4.79 Å². The van der Waals surface area contributed by atoms with E-state index in [4.69, 9.17) is 16.3 Å². The van der Waals surface area contributed by atoms with Crippen LogP contribution in [0.25, 0.3) is 0 Å². The molecule has 0 saturated heterocycles. The van der Waals surface area contributed by atoms with Crippen LogP contribution in [0.4, 0.5) is 0 Å². The quantitative estimate of drug-likeness (QED) is 0.718. The van der Waals surface area contributed by atoms with Gasteiger partial charge in [0.1, 0.15) is 5.75 Å². The minimum absolute atomic E-state index is 0.545. The first-order chi connectivity index (χ1) is 7.13. The molecule has 0 bridgehead atoms. The molecular formula is C12H15ClO2. The molecule has 1 aromatic carbocycles. The second kappa shape index (κ2) is 5.76. The Balaban J connectivity index is 2.66. The Bertz CT molecular complexity index is 334. The highest BCUT2D eigenvalue weighted by molar-refractivity contribution is 6.30. The van der Waals surface area contributed by atoms with Gasteiger partial charge in [-0.05, 0) is 30.5 Å². The van der Waals surface area contributed by atoms with Gasteiger partial charge in [0, 0.05) is 5.02 Å². The standard InChI is InChI=1S/C12H15ClO2/c1-9(2)5-6-15-12-7-11(13)4-3-10(12)8-14/h3-4,7-9H,5-6H2,1-2H3. The molecule has 0 aliphatic rings. The largest absolute Gasteiger partial charge is 0.493 e. The highest BCUT2D eigenvalue weighted by Gasteiger charge is 2.04. The van der Waals surface area contributed by atoms with E-state index in [0.717, 1.165) is 12.7 Å². The molecule has 0 amide bonds. The van der Waals surface area contributed by atoms with Gasteiger partial charge in [-0.2, -0.15) is 0 Å². The molecule has 0 atom stereocenters. The maximum Gasteiger partial charge on any atom is 0.153 e. The van der Waals surface area contributed by atoms with E-state index in [1.165, 1.54) is 0 Å². The minimum Gasteiger partial charge on any atom is -0.493 e. The van der Waals surface area contributed by atoms with Gasteiger partial charge in [0.2, 0.25) is 0 Å². The molecule has 1 aromatic rings. The second-order valence-electron chi connectivity index (χ2n) is 3.83. The summed E-state index contributed by atoms with van der Waals surface area (Å²) < 4.78 is 5.50. The van der Waals surface area contributed by atoms with Gasteiger partial charge < -0.3 is 4.74 Å². The number of rotatable bonds is 5. The topological polar surface area (TPSA) is 26.3 Å². The number of benzene rings is 1. The summed E-state index contributed by atoms with van der Waals surface area (Å²) in [7, 11) is 0. The third kappa shape index (κ3) is 3.92. The van der Waals surface area contributed by atoms with E-state index in [1.807, 2.05) is 0 Å². The number of ether oxygens (including phenoxy) is 1. The highest BCUT2D eigenvalue weighted by Crippen LogP contribution is 2.22. The maximum absolute atomic E-state index is 10.7. The fraction of sp³-hybridized carbons (Fsp3) is 0.417. The van der Waals surface area contributed by atoms with Crippen molar-refractivity contribution in [2.24, 2.45) is 5.92 Å². The molecule has 0 heterocycles. The summed E-state index contributed by atoms with van der Waals surface area (Å²) >= 11 is 5.82. The molecule has 0 aliphatic carbocycles. The van der Waals surface area contributed by atoms with E-state index in [9.17, 15) is 4.79 Å². The first-order valence-corrected chi connectivity index (χ1v) is 5.39.